The van der Waals surface area contributed by atoms with Crippen LogP contribution < -0.4 is 10.7 Å². The number of carbonyl (C=O) groups is 1. The zero-order valence-corrected chi connectivity index (χ0v) is 16.3. The van der Waals surface area contributed by atoms with Gasteiger partial charge in [-0.15, -0.1) is 10.2 Å². The number of amides is 1. The van der Waals surface area contributed by atoms with E-state index in [0.717, 1.165) is 17.0 Å². The van der Waals surface area contributed by atoms with Crippen molar-refractivity contribution in [3.05, 3.63) is 71.3 Å². The van der Waals surface area contributed by atoms with E-state index in [1.54, 1.807) is 18.2 Å². The Labute approximate surface area is 166 Å². The molecule has 1 aliphatic rings. The van der Waals surface area contributed by atoms with Gasteiger partial charge < -0.3 is 10.7 Å². The maximum atomic E-state index is 14.0. The number of anilines is 1. The van der Waals surface area contributed by atoms with Crippen molar-refractivity contribution in [2.45, 2.75) is 36.7 Å². The Morgan fingerprint density at radius 1 is 1.21 bits per heavy atom. The standard InChI is InChI=1S/C20H20FN5OS/c1-3-16-23-24-20-26(16)25-17(13-10-8-12(2)9-11-13)18(28-20)19(27)22-15-7-5-4-6-14(15)21/h4-11,17-18,25H,3H2,1-2H3,(H,22,27)/t17-,18-/m1/s1. The van der Waals surface area contributed by atoms with E-state index >= 15 is 0 Å². The van der Waals surface area contributed by atoms with Crippen LogP contribution in [0.5, 0.6) is 0 Å². The molecule has 0 saturated carbocycles. The van der Waals surface area contributed by atoms with Gasteiger partial charge in [0.15, 0.2) is 5.82 Å². The van der Waals surface area contributed by atoms with Gasteiger partial charge in [-0.05, 0) is 24.6 Å². The number of thioether (sulfide) groups is 1. The van der Waals surface area contributed by atoms with Crippen LogP contribution in [-0.4, -0.2) is 26.0 Å². The fraction of sp³-hybridized carbons (Fsp3) is 0.250. The molecule has 0 fully saturated rings. The number of benzene rings is 2. The Hall–Kier alpha value is -2.87. The number of aromatic nitrogens is 3. The first kappa shape index (κ1) is 18.5. The van der Waals surface area contributed by atoms with Gasteiger partial charge in [0, 0.05) is 6.42 Å². The first-order chi connectivity index (χ1) is 13.6. The molecule has 0 spiro atoms. The molecule has 144 valence electrons. The Balaban J connectivity index is 1.68. The first-order valence-electron chi connectivity index (χ1n) is 9.06. The zero-order chi connectivity index (χ0) is 19.7. The lowest BCUT2D eigenvalue weighted by Crippen LogP contribution is -2.41. The Morgan fingerprint density at radius 2 is 1.96 bits per heavy atom. The van der Waals surface area contributed by atoms with Crippen LogP contribution in [0.15, 0.2) is 53.7 Å². The molecule has 0 unspecified atom stereocenters. The largest absolute Gasteiger partial charge is 0.323 e. The van der Waals surface area contributed by atoms with E-state index in [2.05, 4.69) is 20.9 Å². The highest BCUT2D eigenvalue weighted by Gasteiger charge is 2.37. The fourth-order valence-corrected chi connectivity index (χ4v) is 4.22. The van der Waals surface area contributed by atoms with E-state index in [1.807, 2.05) is 42.8 Å². The van der Waals surface area contributed by atoms with Crippen LogP contribution >= 0.6 is 11.8 Å². The van der Waals surface area contributed by atoms with Gasteiger partial charge >= 0.3 is 0 Å². The summed E-state index contributed by atoms with van der Waals surface area (Å²) in [4.78, 5) is 13.1. The van der Waals surface area contributed by atoms with Crippen molar-refractivity contribution < 1.29 is 9.18 Å². The van der Waals surface area contributed by atoms with Crippen molar-refractivity contribution >= 4 is 23.4 Å². The predicted molar refractivity (Wildman–Crippen MR) is 107 cm³/mol. The number of fused-ring (bicyclic) bond motifs is 1. The SMILES string of the molecule is CCc1nnc2n1N[C@H](c1ccc(C)cc1)[C@H](C(=O)Nc1ccccc1F)S2. The molecule has 8 heteroatoms. The van der Waals surface area contributed by atoms with Crippen molar-refractivity contribution in [1.29, 1.82) is 0 Å². The van der Waals surface area contributed by atoms with Gasteiger partial charge in [-0.2, -0.15) is 0 Å². The van der Waals surface area contributed by atoms with Crippen molar-refractivity contribution in [2.75, 3.05) is 10.7 Å². The molecule has 2 aromatic carbocycles. The fourth-order valence-electron chi connectivity index (χ4n) is 3.12. The summed E-state index contributed by atoms with van der Waals surface area (Å²) in [6, 6.07) is 13.8. The zero-order valence-electron chi connectivity index (χ0n) is 15.5. The van der Waals surface area contributed by atoms with E-state index < -0.39 is 11.1 Å². The summed E-state index contributed by atoms with van der Waals surface area (Å²) in [6.07, 6.45) is 0.716. The average Bonchev–Trinajstić information content (AvgIpc) is 3.11. The summed E-state index contributed by atoms with van der Waals surface area (Å²) in [5.41, 5.74) is 5.65. The number of hydrogen-bond donors (Lipinski definition) is 2. The molecule has 0 bridgehead atoms. The molecule has 4 rings (SSSR count). The monoisotopic (exact) mass is 397 g/mol. The number of nitrogens with zero attached hydrogens (tertiary/aromatic N) is 3. The third-order valence-electron chi connectivity index (χ3n) is 4.65. The van der Waals surface area contributed by atoms with Gasteiger partial charge in [0.1, 0.15) is 11.1 Å². The van der Waals surface area contributed by atoms with E-state index in [9.17, 15) is 9.18 Å². The minimum absolute atomic E-state index is 0.164. The number of halogens is 1. The summed E-state index contributed by atoms with van der Waals surface area (Å²) in [5.74, 6) is 0.0426. The van der Waals surface area contributed by atoms with Crippen LogP contribution in [0.4, 0.5) is 10.1 Å². The summed E-state index contributed by atoms with van der Waals surface area (Å²) in [6.45, 7) is 4.02. The molecule has 2 atom stereocenters. The molecule has 2 N–H and O–H groups in total. The van der Waals surface area contributed by atoms with Crippen LogP contribution in [-0.2, 0) is 11.2 Å². The summed E-state index contributed by atoms with van der Waals surface area (Å²) in [5, 5.41) is 11.2. The van der Waals surface area contributed by atoms with Gasteiger partial charge in [-0.3, -0.25) is 4.79 Å². The molecule has 1 amide bonds. The van der Waals surface area contributed by atoms with Crippen molar-refractivity contribution in [1.82, 2.24) is 14.9 Å². The highest BCUT2D eigenvalue weighted by atomic mass is 32.2. The number of carbonyl (C=O) groups excluding carboxylic acids is 1. The summed E-state index contributed by atoms with van der Waals surface area (Å²) >= 11 is 1.33. The number of nitrogens with one attached hydrogen (secondary N) is 2. The minimum Gasteiger partial charge on any atom is -0.323 e. The minimum atomic E-state index is -0.538. The summed E-state index contributed by atoms with van der Waals surface area (Å²) in [7, 11) is 0. The molecule has 28 heavy (non-hydrogen) atoms. The quantitative estimate of drug-likeness (QED) is 0.703. The van der Waals surface area contributed by atoms with Crippen LogP contribution in [0.1, 0.15) is 29.9 Å². The maximum Gasteiger partial charge on any atom is 0.240 e. The third-order valence-corrected chi connectivity index (χ3v) is 5.86. The smallest absolute Gasteiger partial charge is 0.240 e. The molecule has 0 aliphatic carbocycles. The van der Waals surface area contributed by atoms with Crippen LogP contribution in [0.2, 0.25) is 0 Å². The molecule has 3 aromatic rings. The number of para-hydroxylation sites is 1. The number of rotatable bonds is 4. The first-order valence-corrected chi connectivity index (χ1v) is 9.94. The third kappa shape index (κ3) is 3.47. The van der Waals surface area contributed by atoms with Crippen LogP contribution in [0.3, 0.4) is 0 Å². The molecule has 1 aromatic heterocycles. The van der Waals surface area contributed by atoms with E-state index in [1.165, 1.54) is 17.8 Å². The van der Waals surface area contributed by atoms with Crippen molar-refractivity contribution in [3.63, 3.8) is 0 Å². The molecule has 0 radical (unpaired) electrons. The second-order valence-corrected chi connectivity index (χ2v) is 7.72. The van der Waals surface area contributed by atoms with E-state index in [4.69, 9.17) is 0 Å². The van der Waals surface area contributed by atoms with Gasteiger partial charge in [-0.25, -0.2) is 9.07 Å². The van der Waals surface area contributed by atoms with E-state index in [-0.39, 0.29) is 17.6 Å². The lowest BCUT2D eigenvalue weighted by molar-refractivity contribution is -0.116. The predicted octanol–water partition coefficient (Wildman–Crippen LogP) is 3.69. The number of aryl methyl sites for hydroxylation is 2. The highest BCUT2D eigenvalue weighted by molar-refractivity contribution is 8.00. The second kappa shape index (κ2) is 7.63. The lowest BCUT2D eigenvalue weighted by Gasteiger charge is -2.33. The van der Waals surface area contributed by atoms with Gasteiger partial charge in [0.05, 0.1) is 11.7 Å². The molecule has 2 heterocycles. The topological polar surface area (TPSA) is 71.8 Å². The molecular formula is C20H20FN5OS. The van der Waals surface area contributed by atoms with Gasteiger partial charge in [-0.1, -0.05) is 60.6 Å². The molecule has 0 saturated heterocycles. The van der Waals surface area contributed by atoms with Crippen LogP contribution in [0, 0.1) is 12.7 Å². The van der Waals surface area contributed by atoms with E-state index in [0.29, 0.717) is 11.6 Å². The Morgan fingerprint density at radius 3 is 2.68 bits per heavy atom. The van der Waals surface area contributed by atoms with Gasteiger partial charge in [0.2, 0.25) is 11.1 Å². The molecule has 1 aliphatic heterocycles. The molecule has 6 nitrogen and oxygen atoms in total. The molecular weight excluding hydrogens is 377 g/mol. The average molecular weight is 397 g/mol. The van der Waals surface area contributed by atoms with Crippen LogP contribution in [0.25, 0.3) is 0 Å². The Bertz CT molecular complexity index is 1000. The Kier molecular flexibility index (Phi) is 5.04. The summed E-state index contributed by atoms with van der Waals surface area (Å²) < 4.78 is 15.8. The van der Waals surface area contributed by atoms with Crippen molar-refractivity contribution in [2.24, 2.45) is 0 Å². The normalized spacial score (nSPS) is 18.2. The van der Waals surface area contributed by atoms with Crippen molar-refractivity contribution in [3.8, 4) is 0 Å². The number of hydrogen-bond acceptors (Lipinski definition) is 5. The maximum absolute atomic E-state index is 14.0. The lowest BCUT2D eigenvalue weighted by atomic mass is 10.0. The second-order valence-electron chi connectivity index (χ2n) is 6.61. The highest BCUT2D eigenvalue weighted by Crippen LogP contribution is 2.37. The van der Waals surface area contributed by atoms with Gasteiger partial charge in [0.25, 0.3) is 0 Å².